The number of benzene rings is 1. The molecule has 1 aromatic carbocycles. The summed E-state index contributed by atoms with van der Waals surface area (Å²) in [6.07, 6.45) is 1.77. The number of nitrogens with two attached hydrogens (primary N) is 1. The summed E-state index contributed by atoms with van der Waals surface area (Å²) in [5.41, 5.74) is 7.30. The third-order valence-electron chi connectivity index (χ3n) is 2.92. The lowest BCUT2D eigenvalue weighted by Crippen LogP contribution is -2.20. The second-order valence-electron chi connectivity index (χ2n) is 4.47. The van der Waals surface area contributed by atoms with Crippen molar-refractivity contribution in [2.24, 2.45) is 5.73 Å². The van der Waals surface area contributed by atoms with E-state index in [-0.39, 0.29) is 6.04 Å². The predicted molar refractivity (Wildman–Crippen MR) is 90.9 cm³/mol. The molecule has 0 saturated heterocycles. The quantitative estimate of drug-likeness (QED) is 0.732. The SMILES string of the molecule is COCCn1ncc(Br)c1C(N)CSc1cccc(Cl)c1. The molecule has 2 N–H and O–H groups in total. The van der Waals surface area contributed by atoms with Crippen LogP contribution in [0.15, 0.2) is 39.8 Å². The van der Waals surface area contributed by atoms with Crippen LogP contribution >= 0.6 is 39.3 Å². The number of rotatable bonds is 7. The Bertz CT molecular complexity index is 593. The molecule has 1 aromatic heterocycles. The average molecular weight is 391 g/mol. The van der Waals surface area contributed by atoms with Crippen molar-refractivity contribution < 1.29 is 4.74 Å². The van der Waals surface area contributed by atoms with Gasteiger partial charge in [0, 0.05) is 22.8 Å². The fourth-order valence-electron chi connectivity index (χ4n) is 1.92. The molecule has 0 spiro atoms. The molecule has 1 unspecified atom stereocenters. The summed E-state index contributed by atoms with van der Waals surface area (Å²) in [5.74, 6) is 0.748. The topological polar surface area (TPSA) is 53.1 Å². The fraction of sp³-hybridized carbons (Fsp3) is 0.357. The molecule has 0 aliphatic heterocycles. The molecule has 0 aliphatic rings. The molecular weight excluding hydrogens is 374 g/mol. The normalized spacial score (nSPS) is 12.6. The van der Waals surface area contributed by atoms with Gasteiger partial charge in [-0.1, -0.05) is 17.7 Å². The molecule has 7 heteroatoms. The van der Waals surface area contributed by atoms with E-state index in [4.69, 9.17) is 22.1 Å². The third-order valence-corrected chi connectivity index (χ3v) is 4.88. The first-order valence-corrected chi connectivity index (χ1v) is 8.61. The standard InChI is InChI=1S/C14H17BrClN3OS/c1-20-6-5-19-14(12(15)8-18-19)13(17)9-21-11-4-2-3-10(16)7-11/h2-4,7-8,13H,5-6,9,17H2,1H3. The van der Waals surface area contributed by atoms with Gasteiger partial charge in [0.2, 0.25) is 0 Å². The van der Waals surface area contributed by atoms with Gasteiger partial charge in [0.25, 0.3) is 0 Å². The van der Waals surface area contributed by atoms with Gasteiger partial charge in [-0.15, -0.1) is 11.8 Å². The summed E-state index contributed by atoms with van der Waals surface area (Å²) in [6, 6.07) is 7.65. The van der Waals surface area contributed by atoms with Crippen LogP contribution in [0, 0.1) is 0 Å². The van der Waals surface area contributed by atoms with Crippen LogP contribution in [0.25, 0.3) is 0 Å². The lowest BCUT2D eigenvalue weighted by atomic mass is 10.2. The second kappa shape index (κ2) is 8.19. The second-order valence-corrected chi connectivity index (χ2v) is 6.85. The summed E-state index contributed by atoms with van der Waals surface area (Å²) in [6.45, 7) is 1.29. The highest BCUT2D eigenvalue weighted by Crippen LogP contribution is 2.28. The molecule has 2 rings (SSSR count). The first kappa shape index (κ1) is 16.8. The average Bonchev–Trinajstić information content (AvgIpc) is 2.83. The van der Waals surface area contributed by atoms with E-state index in [1.54, 1.807) is 25.1 Å². The van der Waals surface area contributed by atoms with Crippen LogP contribution in [0.4, 0.5) is 0 Å². The number of methoxy groups -OCH3 is 1. The number of hydrogen-bond acceptors (Lipinski definition) is 4. The number of aromatic nitrogens is 2. The first-order valence-electron chi connectivity index (χ1n) is 6.46. The molecule has 21 heavy (non-hydrogen) atoms. The Labute approximate surface area is 142 Å². The molecule has 1 atom stereocenters. The summed E-state index contributed by atoms with van der Waals surface area (Å²) < 4.78 is 7.91. The van der Waals surface area contributed by atoms with Crippen LogP contribution in [0.3, 0.4) is 0 Å². The van der Waals surface area contributed by atoms with Crippen LogP contribution in [0.2, 0.25) is 5.02 Å². The van der Waals surface area contributed by atoms with Crippen molar-refractivity contribution in [1.82, 2.24) is 9.78 Å². The lowest BCUT2D eigenvalue weighted by molar-refractivity contribution is 0.182. The van der Waals surface area contributed by atoms with Gasteiger partial charge in [-0.25, -0.2) is 0 Å². The fourth-order valence-corrected chi connectivity index (χ4v) is 3.68. The highest BCUT2D eigenvalue weighted by atomic mass is 79.9. The Kier molecular flexibility index (Phi) is 6.57. The van der Waals surface area contributed by atoms with E-state index in [1.165, 1.54) is 0 Å². The van der Waals surface area contributed by atoms with Gasteiger partial charge in [0.1, 0.15) is 0 Å². The Balaban J connectivity index is 2.02. The van der Waals surface area contributed by atoms with E-state index in [2.05, 4.69) is 21.0 Å². The van der Waals surface area contributed by atoms with Crippen molar-refractivity contribution in [3.8, 4) is 0 Å². The number of thioether (sulfide) groups is 1. The molecule has 1 heterocycles. The minimum Gasteiger partial charge on any atom is -0.383 e. The summed E-state index contributed by atoms with van der Waals surface area (Å²) >= 11 is 11.2. The first-order chi connectivity index (χ1) is 10.1. The van der Waals surface area contributed by atoms with E-state index in [9.17, 15) is 0 Å². The van der Waals surface area contributed by atoms with Gasteiger partial charge < -0.3 is 10.5 Å². The third kappa shape index (κ3) is 4.72. The zero-order chi connectivity index (χ0) is 15.2. The minimum absolute atomic E-state index is 0.122. The van der Waals surface area contributed by atoms with E-state index >= 15 is 0 Å². The van der Waals surface area contributed by atoms with Gasteiger partial charge in [0.05, 0.1) is 35.6 Å². The van der Waals surface area contributed by atoms with Crippen molar-refractivity contribution in [3.63, 3.8) is 0 Å². The van der Waals surface area contributed by atoms with Crippen molar-refractivity contribution in [3.05, 3.63) is 45.7 Å². The minimum atomic E-state index is -0.122. The maximum absolute atomic E-state index is 6.31. The smallest absolute Gasteiger partial charge is 0.0703 e. The van der Waals surface area contributed by atoms with Gasteiger partial charge in [-0.05, 0) is 34.1 Å². The zero-order valence-electron chi connectivity index (χ0n) is 11.6. The van der Waals surface area contributed by atoms with Crippen LogP contribution in [0.5, 0.6) is 0 Å². The molecule has 0 radical (unpaired) electrons. The highest BCUT2D eigenvalue weighted by molar-refractivity contribution is 9.10. The Morgan fingerprint density at radius 1 is 1.52 bits per heavy atom. The van der Waals surface area contributed by atoms with E-state index in [0.717, 1.165) is 25.8 Å². The largest absolute Gasteiger partial charge is 0.383 e. The van der Waals surface area contributed by atoms with Crippen molar-refractivity contribution in [1.29, 1.82) is 0 Å². The Morgan fingerprint density at radius 3 is 3.05 bits per heavy atom. The molecule has 0 amide bonds. The van der Waals surface area contributed by atoms with Crippen molar-refractivity contribution in [2.75, 3.05) is 19.5 Å². The lowest BCUT2D eigenvalue weighted by Gasteiger charge is -2.15. The van der Waals surface area contributed by atoms with Crippen LogP contribution in [-0.2, 0) is 11.3 Å². The van der Waals surface area contributed by atoms with Crippen molar-refractivity contribution in [2.45, 2.75) is 17.5 Å². The molecule has 0 aliphatic carbocycles. The van der Waals surface area contributed by atoms with Crippen molar-refractivity contribution >= 4 is 39.3 Å². The molecule has 0 fully saturated rings. The highest BCUT2D eigenvalue weighted by Gasteiger charge is 2.17. The predicted octanol–water partition coefficient (Wildman–Crippen LogP) is 3.74. The van der Waals surface area contributed by atoms with Gasteiger partial charge in [-0.3, -0.25) is 4.68 Å². The summed E-state index contributed by atoms with van der Waals surface area (Å²) in [7, 11) is 1.67. The molecule has 0 bridgehead atoms. The number of ether oxygens (including phenoxy) is 1. The summed E-state index contributed by atoms with van der Waals surface area (Å²) in [4.78, 5) is 1.11. The monoisotopic (exact) mass is 389 g/mol. The Morgan fingerprint density at radius 2 is 2.33 bits per heavy atom. The van der Waals surface area contributed by atoms with Crippen LogP contribution in [0.1, 0.15) is 11.7 Å². The molecule has 0 saturated carbocycles. The summed E-state index contributed by atoms with van der Waals surface area (Å²) in [5, 5.41) is 5.06. The van der Waals surface area contributed by atoms with Crippen LogP contribution in [-0.4, -0.2) is 29.3 Å². The van der Waals surface area contributed by atoms with Gasteiger partial charge in [-0.2, -0.15) is 5.10 Å². The Hall–Kier alpha value is -0.530. The number of nitrogens with zero attached hydrogens (tertiary/aromatic N) is 2. The van der Waals surface area contributed by atoms with E-state index in [1.807, 2.05) is 28.9 Å². The molecule has 2 aromatic rings. The van der Waals surface area contributed by atoms with E-state index in [0.29, 0.717) is 13.2 Å². The zero-order valence-corrected chi connectivity index (χ0v) is 14.8. The van der Waals surface area contributed by atoms with Gasteiger partial charge in [0.15, 0.2) is 0 Å². The van der Waals surface area contributed by atoms with Gasteiger partial charge >= 0.3 is 0 Å². The maximum atomic E-state index is 6.31. The van der Waals surface area contributed by atoms with E-state index < -0.39 is 0 Å². The van der Waals surface area contributed by atoms with Crippen LogP contribution < -0.4 is 5.73 Å². The number of hydrogen-bond donors (Lipinski definition) is 1. The number of halogens is 2. The maximum Gasteiger partial charge on any atom is 0.0703 e. The molecule has 4 nitrogen and oxygen atoms in total. The molecular formula is C14H17BrClN3OS. The molecule has 114 valence electrons.